The number of aldehydes is 1. The Kier molecular flexibility index (Phi) is 4.96. The van der Waals surface area contributed by atoms with E-state index >= 15 is 0 Å². The van der Waals surface area contributed by atoms with Crippen LogP contribution in [0.15, 0.2) is 0 Å². The average Bonchev–Trinajstić information content (AvgIpc) is 2.10. The Balaban J connectivity index is 4.51. The molecule has 2 atom stereocenters. The number of hydrogen-bond acceptors (Lipinski definition) is 5. The molecule has 1 unspecified atom stereocenters. The van der Waals surface area contributed by atoms with Crippen LogP contribution in [-0.2, 0) is 19.2 Å². The minimum atomic E-state index is -1.73. The van der Waals surface area contributed by atoms with Crippen molar-refractivity contribution in [3.05, 3.63) is 0 Å². The highest BCUT2D eigenvalue weighted by atomic mass is 16.4. The molecule has 0 heterocycles. The number of rotatable bonds is 7. The molecule has 0 fully saturated rings. The maximum absolute atomic E-state index is 10.5. The van der Waals surface area contributed by atoms with E-state index in [0.29, 0.717) is 0 Å². The quantitative estimate of drug-likeness (QED) is 0.289. The van der Waals surface area contributed by atoms with E-state index in [0.717, 1.165) is 0 Å². The molecule has 84 valence electrons. The fourth-order valence-corrected chi connectivity index (χ4v) is 0.778. The highest BCUT2D eigenvalue weighted by molar-refractivity contribution is 5.92. The lowest BCUT2D eigenvalue weighted by molar-refractivity contribution is -0.148. The molecule has 0 saturated heterocycles. The summed E-state index contributed by atoms with van der Waals surface area (Å²) in [5, 5.41) is 27.1. The smallest absolute Gasteiger partial charge is 0.328 e. The van der Waals surface area contributed by atoms with Crippen LogP contribution in [0.25, 0.3) is 0 Å². The molecule has 0 aliphatic carbocycles. The van der Waals surface area contributed by atoms with Gasteiger partial charge in [-0.3, -0.25) is 19.7 Å². The Morgan fingerprint density at radius 1 is 1.13 bits per heavy atom. The Morgan fingerprint density at radius 3 is 1.93 bits per heavy atom. The summed E-state index contributed by atoms with van der Waals surface area (Å²) in [4.78, 5) is 41.2. The van der Waals surface area contributed by atoms with Crippen molar-refractivity contribution < 1.29 is 34.5 Å². The summed E-state index contributed by atoms with van der Waals surface area (Å²) < 4.78 is 0. The molecular formula is C7H9NO7. The minimum absolute atomic E-state index is 0.0138. The first-order chi connectivity index (χ1) is 6.88. The zero-order chi connectivity index (χ0) is 12.0. The molecule has 0 aliphatic rings. The third-order valence-electron chi connectivity index (χ3n) is 1.46. The van der Waals surface area contributed by atoms with Crippen LogP contribution in [0.3, 0.4) is 0 Å². The van der Waals surface area contributed by atoms with Crippen LogP contribution in [0.5, 0.6) is 0 Å². The Morgan fingerprint density at radius 2 is 1.67 bits per heavy atom. The lowest BCUT2D eigenvalue weighted by Gasteiger charge is -2.14. The maximum atomic E-state index is 10.5. The second-order valence-electron chi connectivity index (χ2n) is 2.61. The van der Waals surface area contributed by atoms with Crippen molar-refractivity contribution in [1.82, 2.24) is 5.32 Å². The number of aliphatic carboxylic acids is 3. The van der Waals surface area contributed by atoms with E-state index in [4.69, 9.17) is 15.3 Å². The normalized spacial score (nSPS) is 13.9. The fourth-order valence-electron chi connectivity index (χ4n) is 0.778. The van der Waals surface area contributed by atoms with Crippen LogP contribution in [-0.4, -0.2) is 51.6 Å². The predicted octanol–water partition coefficient (Wildman–Crippen LogP) is -1.84. The van der Waals surface area contributed by atoms with Gasteiger partial charge in [0.15, 0.2) is 6.04 Å². The van der Waals surface area contributed by atoms with Gasteiger partial charge < -0.3 is 20.1 Å². The van der Waals surface area contributed by atoms with Crippen molar-refractivity contribution in [2.75, 3.05) is 0 Å². The minimum Gasteiger partial charge on any atom is -0.481 e. The Hall–Kier alpha value is -1.96. The molecule has 8 nitrogen and oxygen atoms in total. The van der Waals surface area contributed by atoms with E-state index in [1.54, 1.807) is 0 Å². The summed E-state index contributed by atoms with van der Waals surface area (Å²) >= 11 is 0. The van der Waals surface area contributed by atoms with Gasteiger partial charge in [0, 0.05) is 0 Å². The van der Waals surface area contributed by atoms with Gasteiger partial charge in [-0.05, 0) is 0 Å². The number of carboxylic acids is 3. The molecule has 0 aromatic rings. The molecular weight excluding hydrogens is 210 g/mol. The van der Waals surface area contributed by atoms with Gasteiger partial charge in [0.25, 0.3) is 0 Å². The van der Waals surface area contributed by atoms with Gasteiger partial charge in [-0.15, -0.1) is 0 Å². The van der Waals surface area contributed by atoms with Crippen molar-refractivity contribution in [2.24, 2.45) is 0 Å². The largest absolute Gasteiger partial charge is 0.481 e. The summed E-state index contributed by atoms with van der Waals surface area (Å²) in [7, 11) is 0. The molecule has 15 heavy (non-hydrogen) atoms. The van der Waals surface area contributed by atoms with E-state index in [2.05, 4.69) is 0 Å². The van der Waals surface area contributed by atoms with Gasteiger partial charge in [-0.25, -0.2) is 0 Å². The first-order valence-corrected chi connectivity index (χ1v) is 3.77. The molecule has 0 rings (SSSR count). The van der Waals surface area contributed by atoms with Crippen molar-refractivity contribution in [3.63, 3.8) is 0 Å². The average molecular weight is 219 g/mol. The van der Waals surface area contributed by atoms with Gasteiger partial charge in [0.05, 0.1) is 6.42 Å². The summed E-state index contributed by atoms with van der Waals surface area (Å²) in [6, 6.07) is -3.35. The summed E-state index contributed by atoms with van der Waals surface area (Å²) in [6.45, 7) is 0. The number of carboxylic acid groups (broad SMARTS) is 3. The van der Waals surface area contributed by atoms with Crippen LogP contribution in [0, 0.1) is 0 Å². The van der Waals surface area contributed by atoms with Gasteiger partial charge in [0.2, 0.25) is 0 Å². The lowest BCUT2D eigenvalue weighted by Crippen LogP contribution is -2.48. The van der Waals surface area contributed by atoms with Gasteiger partial charge in [-0.2, -0.15) is 0 Å². The number of carbonyl (C=O) groups is 4. The lowest BCUT2D eigenvalue weighted by atomic mass is 10.2. The molecule has 0 spiro atoms. The highest BCUT2D eigenvalue weighted by Gasteiger charge is 2.27. The molecule has 0 saturated carbocycles. The number of hydrogen-bond donors (Lipinski definition) is 4. The predicted molar refractivity (Wildman–Crippen MR) is 44.3 cm³/mol. The van der Waals surface area contributed by atoms with E-state index in [1.807, 2.05) is 5.32 Å². The van der Waals surface area contributed by atoms with Gasteiger partial charge >= 0.3 is 17.9 Å². The van der Waals surface area contributed by atoms with E-state index in [1.165, 1.54) is 0 Å². The molecule has 4 N–H and O–H groups in total. The highest BCUT2D eigenvalue weighted by Crippen LogP contribution is 1.95. The summed E-state index contributed by atoms with van der Waals surface area (Å²) in [6.07, 6.45) is -0.826. The third kappa shape index (κ3) is 4.72. The molecule has 0 aromatic carbocycles. The Labute approximate surface area is 83.5 Å². The zero-order valence-corrected chi connectivity index (χ0v) is 7.41. The summed E-state index contributed by atoms with van der Waals surface area (Å²) in [5.41, 5.74) is 0. The number of nitrogens with one attached hydrogen (secondary N) is 1. The molecule has 0 aromatic heterocycles. The van der Waals surface area contributed by atoms with Gasteiger partial charge in [0.1, 0.15) is 12.3 Å². The summed E-state index contributed by atoms with van der Waals surface area (Å²) in [5.74, 6) is -4.52. The topological polar surface area (TPSA) is 141 Å². The van der Waals surface area contributed by atoms with Crippen molar-refractivity contribution in [3.8, 4) is 0 Å². The van der Waals surface area contributed by atoms with Crippen molar-refractivity contribution >= 4 is 24.2 Å². The van der Waals surface area contributed by atoms with E-state index in [-0.39, 0.29) is 6.29 Å². The van der Waals surface area contributed by atoms with Crippen molar-refractivity contribution in [1.29, 1.82) is 0 Å². The van der Waals surface area contributed by atoms with Crippen molar-refractivity contribution in [2.45, 2.75) is 18.5 Å². The SMILES string of the molecule is O=CC(N[C@@H](CC(=O)O)C(=O)O)C(=O)O. The van der Waals surface area contributed by atoms with Crippen LogP contribution in [0.2, 0.25) is 0 Å². The monoisotopic (exact) mass is 219 g/mol. The molecule has 0 aliphatic heterocycles. The molecule has 8 heteroatoms. The number of carbonyl (C=O) groups excluding carboxylic acids is 1. The van der Waals surface area contributed by atoms with Crippen LogP contribution in [0.1, 0.15) is 6.42 Å². The van der Waals surface area contributed by atoms with E-state index in [9.17, 15) is 19.2 Å². The maximum Gasteiger partial charge on any atom is 0.328 e. The van der Waals surface area contributed by atoms with E-state index < -0.39 is 36.4 Å². The molecule has 0 amide bonds. The van der Waals surface area contributed by atoms with Crippen LogP contribution < -0.4 is 5.32 Å². The second kappa shape index (κ2) is 5.70. The third-order valence-corrected chi connectivity index (χ3v) is 1.46. The van der Waals surface area contributed by atoms with Crippen LogP contribution >= 0.6 is 0 Å². The zero-order valence-electron chi connectivity index (χ0n) is 7.41. The first-order valence-electron chi connectivity index (χ1n) is 3.77. The fraction of sp³-hybridized carbons (Fsp3) is 0.429. The van der Waals surface area contributed by atoms with Crippen LogP contribution in [0.4, 0.5) is 0 Å². The van der Waals surface area contributed by atoms with Gasteiger partial charge in [-0.1, -0.05) is 0 Å². The molecule has 0 radical (unpaired) electrons. The first kappa shape index (κ1) is 13.0. The standard InChI is InChI=1S/C7H9NO7/c9-2-4(7(14)15)8-3(6(12)13)1-5(10)11/h2-4,8H,1H2,(H,10,11)(H,12,13)(H,14,15)/t3-,4?/m0/s1. The Bertz CT molecular complexity index is 287. The molecule has 0 bridgehead atoms. The second-order valence-corrected chi connectivity index (χ2v) is 2.61.